The maximum Gasteiger partial charge on any atom is 0.416 e. The molecule has 1 atom stereocenters. The average Bonchev–Trinajstić information content (AvgIpc) is 2.86. The lowest BCUT2D eigenvalue weighted by Gasteiger charge is -2.17. The van der Waals surface area contributed by atoms with E-state index in [0.717, 1.165) is 51.1 Å². The molecule has 0 radical (unpaired) electrons. The first kappa shape index (κ1) is 16.3. The predicted octanol–water partition coefficient (Wildman–Crippen LogP) is 3.53. The first-order chi connectivity index (χ1) is 9.99. The zero-order valence-corrected chi connectivity index (χ0v) is 12.4. The molecule has 5 heteroatoms. The molecule has 118 valence electrons. The second kappa shape index (κ2) is 7.27. The van der Waals surface area contributed by atoms with E-state index in [1.165, 1.54) is 12.1 Å². The van der Waals surface area contributed by atoms with Crippen molar-refractivity contribution in [2.45, 2.75) is 32.5 Å². The molecule has 21 heavy (non-hydrogen) atoms. The molecule has 1 heterocycles. The summed E-state index contributed by atoms with van der Waals surface area (Å²) in [6, 6.07) is 5.52. The van der Waals surface area contributed by atoms with Crippen LogP contribution in [0.5, 0.6) is 0 Å². The summed E-state index contributed by atoms with van der Waals surface area (Å²) >= 11 is 0. The second-order valence-corrected chi connectivity index (χ2v) is 5.79. The molecular weight excluding hydrogens is 277 g/mol. The lowest BCUT2D eigenvalue weighted by molar-refractivity contribution is -0.137. The number of alkyl halides is 3. The van der Waals surface area contributed by atoms with Crippen molar-refractivity contribution in [2.75, 3.05) is 26.2 Å². The monoisotopic (exact) mass is 300 g/mol. The fraction of sp³-hybridized carbons (Fsp3) is 0.625. The van der Waals surface area contributed by atoms with Crippen molar-refractivity contribution < 1.29 is 13.2 Å². The average molecular weight is 300 g/mol. The number of rotatable bonds is 6. The van der Waals surface area contributed by atoms with Crippen molar-refractivity contribution in [3.8, 4) is 0 Å². The summed E-state index contributed by atoms with van der Waals surface area (Å²) in [5.41, 5.74) is 0.375. The van der Waals surface area contributed by atoms with Gasteiger partial charge in [0, 0.05) is 13.1 Å². The molecule has 0 amide bonds. The van der Waals surface area contributed by atoms with Gasteiger partial charge in [0.15, 0.2) is 0 Å². The molecule has 1 aromatic carbocycles. The zero-order valence-electron chi connectivity index (χ0n) is 12.4. The first-order valence-corrected chi connectivity index (χ1v) is 7.58. The lowest BCUT2D eigenvalue weighted by Crippen LogP contribution is -2.26. The van der Waals surface area contributed by atoms with Gasteiger partial charge in [-0.15, -0.1) is 0 Å². The fourth-order valence-electron chi connectivity index (χ4n) is 2.76. The van der Waals surface area contributed by atoms with E-state index < -0.39 is 11.7 Å². The summed E-state index contributed by atoms with van der Waals surface area (Å²) in [5.74, 6) is 0.658. The third kappa shape index (κ3) is 5.00. The topological polar surface area (TPSA) is 15.3 Å². The minimum Gasteiger partial charge on any atom is -0.316 e. The summed E-state index contributed by atoms with van der Waals surface area (Å²) in [5, 5.41) is 3.43. The maximum absolute atomic E-state index is 12.5. The van der Waals surface area contributed by atoms with Crippen LogP contribution in [0.1, 0.15) is 30.9 Å². The highest BCUT2D eigenvalue weighted by molar-refractivity contribution is 5.24. The van der Waals surface area contributed by atoms with Crippen molar-refractivity contribution in [2.24, 2.45) is 5.92 Å². The van der Waals surface area contributed by atoms with Crippen LogP contribution in [-0.4, -0.2) is 31.1 Å². The van der Waals surface area contributed by atoms with Gasteiger partial charge in [-0.1, -0.05) is 19.1 Å². The van der Waals surface area contributed by atoms with Gasteiger partial charge in [-0.05, 0) is 56.1 Å². The van der Waals surface area contributed by atoms with Crippen LogP contribution in [0.25, 0.3) is 0 Å². The Labute approximate surface area is 124 Å². The molecule has 0 aromatic heterocycles. The van der Waals surface area contributed by atoms with Gasteiger partial charge in [-0.3, -0.25) is 4.90 Å². The number of hydrogen-bond donors (Lipinski definition) is 1. The molecular formula is C16H23F3N2. The first-order valence-electron chi connectivity index (χ1n) is 7.58. The van der Waals surface area contributed by atoms with E-state index in [9.17, 15) is 13.2 Å². The van der Waals surface area contributed by atoms with Crippen molar-refractivity contribution in [3.63, 3.8) is 0 Å². The van der Waals surface area contributed by atoms with E-state index in [-0.39, 0.29) is 0 Å². The quantitative estimate of drug-likeness (QED) is 0.809. The fourth-order valence-corrected chi connectivity index (χ4v) is 2.76. The van der Waals surface area contributed by atoms with E-state index in [1.807, 2.05) is 0 Å². The third-order valence-corrected chi connectivity index (χ3v) is 3.92. The molecule has 0 saturated carbocycles. The number of halogens is 3. The number of benzene rings is 1. The molecule has 0 bridgehead atoms. The summed E-state index contributed by atoms with van der Waals surface area (Å²) in [7, 11) is 0. The summed E-state index contributed by atoms with van der Waals surface area (Å²) in [6.45, 7) is 7.03. The second-order valence-electron chi connectivity index (χ2n) is 5.79. The van der Waals surface area contributed by atoms with Crippen molar-refractivity contribution in [3.05, 3.63) is 35.4 Å². The smallest absolute Gasteiger partial charge is 0.316 e. The highest BCUT2D eigenvalue weighted by Crippen LogP contribution is 2.29. The Kier molecular flexibility index (Phi) is 5.65. The SMILES string of the molecule is CCCNCC1CCN(Cc2ccc(C(F)(F)F)cc2)C1. The maximum atomic E-state index is 12.5. The van der Waals surface area contributed by atoms with Crippen LogP contribution >= 0.6 is 0 Å². The van der Waals surface area contributed by atoms with Gasteiger partial charge in [0.25, 0.3) is 0 Å². The lowest BCUT2D eigenvalue weighted by atomic mass is 10.1. The molecule has 1 unspecified atom stereocenters. The van der Waals surface area contributed by atoms with Gasteiger partial charge in [0.05, 0.1) is 5.56 Å². The standard InChI is InChI=1S/C16H23F3N2/c1-2-8-20-10-14-7-9-21(12-14)11-13-3-5-15(6-4-13)16(17,18)19/h3-6,14,20H,2,7-12H2,1H3. The molecule has 2 nitrogen and oxygen atoms in total. The van der Waals surface area contributed by atoms with Crippen LogP contribution in [0, 0.1) is 5.92 Å². The van der Waals surface area contributed by atoms with Crippen molar-refractivity contribution >= 4 is 0 Å². The van der Waals surface area contributed by atoms with Gasteiger partial charge >= 0.3 is 6.18 Å². The Morgan fingerprint density at radius 1 is 1.24 bits per heavy atom. The third-order valence-electron chi connectivity index (χ3n) is 3.92. The van der Waals surface area contributed by atoms with Gasteiger partial charge < -0.3 is 5.32 Å². The van der Waals surface area contributed by atoms with E-state index in [4.69, 9.17) is 0 Å². The van der Waals surface area contributed by atoms with Crippen LogP contribution in [0.3, 0.4) is 0 Å². The van der Waals surface area contributed by atoms with Gasteiger partial charge in [-0.2, -0.15) is 13.2 Å². The molecule has 1 aliphatic heterocycles. The summed E-state index contributed by atoms with van der Waals surface area (Å²) in [4.78, 5) is 2.32. The largest absolute Gasteiger partial charge is 0.416 e. The normalized spacial score (nSPS) is 20.1. The molecule has 1 fully saturated rings. The molecule has 1 aromatic rings. The number of nitrogens with one attached hydrogen (secondary N) is 1. The van der Waals surface area contributed by atoms with Gasteiger partial charge in [0.1, 0.15) is 0 Å². The van der Waals surface area contributed by atoms with E-state index in [0.29, 0.717) is 5.92 Å². The zero-order chi connectivity index (χ0) is 15.3. The molecule has 2 rings (SSSR count). The number of nitrogens with zero attached hydrogens (tertiary/aromatic N) is 1. The van der Waals surface area contributed by atoms with E-state index in [1.54, 1.807) is 12.1 Å². The summed E-state index contributed by atoms with van der Waals surface area (Å²) < 4.78 is 37.5. The minimum absolute atomic E-state index is 0.575. The van der Waals surface area contributed by atoms with Crippen LogP contribution < -0.4 is 5.32 Å². The molecule has 1 saturated heterocycles. The Morgan fingerprint density at radius 3 is 2.57 bits per heavy atom. The Balaban J connectivity index is 1.80. The van der Waals surface area contributed by atoms with E-state index in [2.05, 4.69) is 17.1 Å². The number of hydrogen-bond acceptors (Lipinski definition) is 2. The van der Waals surface area contributed by atoms with Crippen LogP contribution in [0.4, 0.5) is 13.2 Å². The van der Waals surface area contributed by atoms with Crippen LogP contribution in [0.2, 0.25) is 0 Å². The molecule has 1 N–H and O–H groups in total. The highest BCUT2D eigenvalue weighted by atomic mass is 19.4. The van der Waals surface area contributed by atoms with Gasteiger partial charge in [-0.25, -0.2) is 0 Å². The van der Waals surface area contributed by atoms with Crippen LogP contribution in [0.15, 0.2) is 24.3 Å². The van der Waals surface area contributed by atoms with Crippen molar-refractivity contribution in [1.82, 2.24) is 10.2 Å². The Hall–Kier alpha value is -1.07. The van der Waals surface area contributed by atoms with Gasteiger partial charge in [0.2, 0.25) is 0 Å². The van der Waals surface area contributed by atoms with Crippen molar-refractivity contribution in [1.29, 1.82) is 0 Å². The predicted molar refractivity (Wildman–Crippen MR) is 78.0 cm³/mol. The molecule has 0 aliphatic carbocycles. The number of likely N-dealkylation sites (tertiary alicyclic amines) is 1. The Bertz CT molecular complexity index is 428. The molecule has 0 spiro atoms. The Morgan fingerprint density at radius 2 is 1.95 bits per heavy atom. The summed E-state index contributed by atoms with van der Waals surface area (Å²) in [6.07, 6.45) is -1.94. The van der Waals surface area contributed by atoms with Crippen LogP contribution in [-0.2, 0) is 12.7 Å². The highest BCUT2D eigenvalue weighted by Gasteiger charge is 2.30. The molecule has 1 aliphatic rings. The van der Waals surface area contributed by atoms with E-state index >= 15 is 0 Å². The minimum atomic E-state index is -4.25.